The summed E-state index contributed by atoms with van der Waals surface area (Å²) < 4.78 is 22.0. The van der Waals surface area contributed by atoms with Gasteiger partial charge in [-0.1, -0.05) is 12.1 Å². The number of benzene rings is 2. The first-order valence-electron chi connectivity index (χ1n) is 7.98. The molecular formula is C19H23NO4. The van der Waals surface area contributed by atoms with E-state index in [2.05, 4.69) is 11.4 Å². The zero-order chi connectivity index (χ0) is 16.9. The fourth-order valence-electron chi connectivity index (χ4n) is 2.96. The average molecular weight is 329 g/mol. The van der Waals surface area contributed by atoms with Crippen molar-refractivity contribution in [3.63, 3.8) is 0 Å². The highest BCUT2D eigenvalue weighted by Crippen LogP contribution is 2.34. The summed E-state index contributed by atoms with van der Waals surface area (Å²) >= 11 is 0. The molecule has 0 radical (unpaired) electrons. The molecule has 0 amide bonds. The summed E-state index contributed by atoms with van der Waals surface area (Å²) in [6.45, 7) is 1.30. The minimum Gasteiger partial charge on any atom is -0.497 e. The van der Waals surface area contributed by atoms with Crippen molar-refractivity contribution in [3.8, 4) is 23.0 Å². The van der Waals surface area contributed by atoms with E-state index in [0.717, 1.165) is 40.5 Å². The third-order valence-electron chi connectivity index (χ3n) is 4.24. The molecule has 24 heavy (non-hydrogen) atoms. The standard InChI is InChI=1S/C19H23NO4/c1-21-16-7-8-17(22-2)14(10-16)11-20-15-9-13-5-4-6-18(23-3)19(13)24-12-15/h4-8,10,15,20H,9,11-12H2,1-3H3. The molecule has 1 N–H and O–H groups in total. The Labute approximate surface area is 142 Å². The normalized spacial score (nSPS) is 16.0. The second kappa shape index (κ2) is 7.45. The zero-order valence-corrected chi connectivity index (χ0v) is 14.3. The molecule has 2 aromatic carbocycles. The van der Waals surface area contributed by atoms with Crippen LogP contribution >= 0.6 is 0 Å². The smallest absolute Gasteiger partial charge is 0.164 e. The molecule has 128 valence electrons. The van der Waals surface area contributed by atoms with Crippen molar-refractivity contribution in [3.05, 3.63) is 47.5 Å². The van der Waals surface area contributed by atoms with Gasteiger partial charge in [0.15, 0.2) is 11.5 Å². The first kappa shape index (κ1) is 16.5. The molecule has 0 saturated heterocycles. The van der Waals surface area contributed by atoms with E-state index in [-0.39, 0.29) is 6.04 Å². The lowest BCUT2D eigenvalue weighted by Gasteiger charge is -2.27. The van der Waals surface area contributed by atoms with Gasteiger partial charge in [-0.15, -0.1) is 0 Å². The largest absolute Gasteiger partial charge is 0.497 e. The minimum absolute atomic E-state index is 0.237. The summed E-state index contributed by atoms with van der Waals surface area (Å²) in [7, 11) is 5.01. The predicted molar refractivity (Wildman–Crippen MR) is 92.4 cm³/mol. The fourth-order valence-corrected chi connectivity index (χ4v) is 2.96. The SMILES string of the molecule is COc1ccc(OC)c(CNC2COc3c(cccc3OC)C2)c1. The quantitative estimate of drug-likeness (QED) is 0.883. The number of hydrogen-bond donors (Lipinski definition) is 1. The van der Waals surface area contributed by atoms with Gasteiger partial charge in [-0.05, 0) is 36.2 Å². The number of ether oxygens (including phenoxy) is 4. The first-order valence-corrected chi connectivity index (χ1v) is 7.98. The third kappa shape index (κ3) is 3.41. The number of hydrogen-bond acceptors (Lipinski definition) is 5. The van der Waals surface area contributed by atoms with Gasteiger partial charge >= 0.3 is 0 Å². The van der Waals surface area contributed by atoms with Crippen molar-refractivity contribution < 1.29 is 18.9 Å². The lowest BCUT2D eigenvalue weighted by atomic mass is 10.0. The Morgan fingerprint density at radius 3 is 2.62 bits per heavy atom. The van der Waals surface area contributed by atoms with Crippen molar-refractivity contribution in [2.45, 2.75) is 19.0 Å². The Balaban J connectivity index is 1.68. The molecule has 0 fully saturated rings. The molecule has 5 nitrogen and oxygen atoms in total. The highest BCUT2D eigenvalue weighted by molar-refractivity contribution is 5.48. The van der Waals surface area contributed by atoms with Crippen LogP contribution in [0, 0.1) is 0 Å². The molecular weight excluding hydrogens is 306 g/mol. The molecule has 0 spiro atoms. The van der Waals surface area contributed by atoms with Gasteiger partial charge in [0, 0.05) is 18.2 Å². The predicted octanol–water partition coefficient (Wildman–Crippen LogP) is 2.81. The van der Waals surface area contributed by atoms with E-state index < -0.39 is 0 Å². The molecule has 2 aromatic rings. The van der Waals surface area contributed by atoms with Gasteiger partial charge in [-0.3, -0.25) is 0 Å². The Bertz CT molecular complexity index is 702. The molecule has 3 rings (SSSR count). The molecule has 0 aromatic heterocycles. The molecule has 5 heteroatoms. The molecule has 1 unspecified atom stereocenters. The van der Waals surface area contributed by atoms with Crippen LogP contribution in [-0.2, 0) is 13.0 Å². The van der Waals surface area contributed by atoms with Crippen LogP contribution in [0.3, 0.4) is 0 Å². The summed E-state index contributed by atoms with van der Waals surface area (Å²) in [6, 6.07) is 12.1. The average Bonchev–Trinajstić information content (AvgIpc) is 2.65. The Morgan fingerprint density at radius 2 is 1.88 bits per heavy atom. The molecule has 1 heterocycles. The van der Waals surface area contributed by atoms with Gasteiger partial charge in [0.1, 0.15) is 18.1 Å². The number of fused-ring (bicyclic) bond motifs is 1. The van der Waals surface area contributed by atoms with Gasteiger partial charge in [-0.2, -0.15) is 0 Å². The lowest BCUT2D eigenvalue weighted by molar-refractivity contribution is 0.226. The highest BCUT2D eigenvalue weighted by Gasteiger charge is 2.22. The summed E-state index contributed by atoms with van der Waals surface area (Å²) in [5.41, 5.74) is 2.23. The van der Waals surface area contributed by atoms with Crippen LogP contribution in [0.1, 0.15) is 11.1 Å². The van der Waals surface area contributed by atoms with E-state index in [1.54, 1.807) is 21.3 Å². The summed E-state index contributed by atoms with van der Waals surface area (Å²) in [6.07, 6.45) is 0.902. The number of rotatable bonds is 6. The van der Waals surface area contributed by atoms with Crippen LogP contribution in [0.2, 0.25) is 0 Å². The van der Waals surface area contributed by atoms with Gasteiger partial charge in [0.05, 0.1) is 21.3 Å². The maximum absolute atomic E-state index is 5.90. The van der Waals surface area contributed by atoms with Crippen molar-refractivity contribution in [2.24, 2.45) is 0 Å². The van der Waals surface area contributed by atoms with E-state index in [4.69, 9.17) is 18.9 Å². The Hall–Kier alpha value is -2.40. The van der Waals surface area contributed by atoms with Gasteiger partial charge in [0.2, 0.25) is 0 Å². The maximum Gasteiger partial charge on any atom is 0.164 e. The Morgan fingerprint density at radius 1 is 1.04 bits per heavy atom. The fraction of sp³-hybridized carbons (Fsp3) is 0.368. The van der Waals surface area contributed by atoms with Crippen LogP contribution < -0.4 is 24.3 Å². The van der Waals surface area contributed by atoms with E-state index in [0.29, 0.717) is 13.2 Å². The maximum atomic E-state index is 5.90. The van der Waals surface area contributed by atoms with Crippen molar-refractivity contribution in [1.82, 2.24) is 5.32 Å². The van der Waals surface area contributed by atoms with Crippen molar-refractivity contribution >= 4 is 0 Å². The molecule has 1 aliphatic heterocycles. The van der Waals surface area contributed by atoms with Gasteiger partial charge < -0.3 is 24.3 Å². The molecule has 1 atom stereocenters. The van der Waals surface area contributed by atoms with Crippen LogP contribution in [0.5, 0.6) is 23.0 Å². The topological polar surface area (TPSA) is 49.0 Å². The van der Waals surface area contributed by atoms with Crippen LogP contribution in [-0.4, -0.2) is 34.0 Å². The molecule has 1 aliphatic rings. The first-order chi connectivity index (χ1) is 11.7. The van der Waals surface area contributed by atoms with Crippen LogP contribution in [0.15, 0.2) is 36.4 Å². The van der Waals surface area contributed by atoms with Crippen LogP contribution in [0.4, 0.5) is 0 Å². The van der Waals surface area contributed by atoms with Crippen molar-refractivity contribution in [2.75, 3.05) is 27.9 Å². The van der Waals surface area contributed by atoms with E-state index in [1.807, 2.05) is 30.3 Å². The van der Waals surface area contributed by atoms with E-state index in [9.17, 15) is 0 Å². The lowest BCUT2D eigenvalue weighted by Crippen LogP contribution is -2.39. The second-order valence-electron chi connectivity index (χ2n) is 5.72. The van der Waals surface area contributed by atoms with Crippen molar-refractivity contribution in [1.29, 1.82) is 0 Å². The van der Waals surface area contributed by atoms with Gasteiger partial charge in [0.25, 0.3) is 0 Å². The summed E-state index contributed by atoms with van der Waals surface area (Å²) in [5, 5.41) is 3.54. The monoisotopic (exact) mass is 329 g/mol. The second-order valence-corrected chi connectivity index (χ2v) is 5.72. The van der Waals surface area contributed by atoms with Gasteiger partial charge in [-0.25, -0.2) is 0 Å². The zero-order valence-electron chi connectivity index (χ0n) is 14.3. The summed E-state index contributed by atoms with van der Waals surface area (Å²) in [4.78, 5) is 0. The molecule has 0 saturated carbocycles. The van der Waals surface area contributed by atoms with E-state index >= 15 is 0 Å². The summed E-state index contributed by atoms with van der Waals surface area (Å²) in [5.74, 6) is 3.32. The molecule has 0 aliphatic carbocycles. The third-order valence-corrected chi connectivity index (χ3v) is 4.24. The Kier molecular flexibility index (Phi) is 5.11. The number of para-hydroxylation sites is 1. The van der Waals surface area contributed by atoms with E-state index in [1.165, 1.54) is 0 Å². The minimum atomic E-state index is 0.237. The number of nitrogens with one attached hydrogen (secondary N) is 1. The number of methoxy groups -OCH3 is 3. The highest BCUT2D eigenvalue weighted by atomic mass is 16.5. The van der Waals surface area contributed by atoms with Crippen LogP contribution in [0.25, 0.3) is 0 Å². The molecule has 0 bridgehead atoms.